The lowest BCUT2D eigenvalue weighted by Crippen LogP contribution is -2.48. The lowest BCUT2D eigenvalue weighted by molar-refractivity contribution is -0.0592. The highest BCUT2D eigenvalue weighted by Gasteiger charge is 2.28. The Kier molecular flexibility index (Phi) is 4.13. The number of benzene rings is 1. The van der Waals surface area contributed by atoms with Crippen LogP contribution in [-0.2, 0) is 4.74 Å². The minimum Gasteiger partial charge on any atom is -0.451 e. The summed E-state index contributed by atoms with van der Waals surface area (Å²) in [5.74, 6) is 0.912. The fourth-order valence-electron chi connectivity index (χ4n) is 3.02. The Morgan fingerprint density at radius 3 is 2.57 bits per heavy atom. The minimum absolute atomic E-state index is 0.0355. The predicted molar refractivity (Wildman–Crippen MR) is 89.2 cm³/mol. The van der Waals surface area contributed by atoms with Crippen molar-refractivity contribution < 1.29 is 13.9 Å². The predicted octanol–water partition coefficient (Wildman–Crippen LogP) is 3.09. The molecule has 1 aliphatic rings. The van der Waals surface area contributed by atoms with Crippen LogP contribution in [0.2, 0.25) is 0 Å². The zero-order valence-electron chi connectivity index (χ0n) is 13.7. The molecule has 1 aromatic heterocycles. The van der Waals surface area contributed by atoms with Crippen molar-refractivity contribution in [1.82, 2.24) is 4.90 Å². The van der Waals surface area contributed by atoms with E-state index in [0.29, 0.717) is 30.3 Å². The summed E-state index contributed by atoms with van der Waals surface area (Å²) in [4.78, 5) is 14.4. The van der Waals surface area contributed by atoms with Gasteiger partial charge in [-0.3, -0.25) is 4.79 Å². The molecule has 0 bridgehead atoms. The summed E-state index contributed by atoms with van der Waals surface area (Å²) in [6.45, 7) is 7.05. The first-order valence-corrected chi connectivity index (χ1v) is 7.85. The number of anilines is 1. The molecule has 0 saturated carbocycles. The Morgan fingerprint density at radius 1 is 1.17 bits per heavy atom. The van der Waals surface area contributed by atoms with Crippen molar-refractivity contribution >= 4 is 11.6 Å². The van der Waals surface area contributed by atoms with Crippen LogP contribution in [0.1, 0.15) is 30.0 Å². The maximum Gasteiger partial charge on any atom is 0.289 e. The summed E-state index contributed by atoms with van der Waals surface area (Å²) < 4.78 is 11.5. The van der Waals surface area contributed by atoms with Crippen LogP contribution in [0.4, 0.5) is 5.69 Å². The zero-order chi connectivity index (χ0) is 16.6. The normalized spacial score (nSPS) is 21.4. The number of rotatable bonds is 2. The van der Waals surface area contributed by atoms with Gasteiger partial charge in [-0.05, 0) is 44.5 Å². The summed E-state index contributed by atoms with van der Waals surface area (Å²) in [6, 6.07) is 9.22. The van der Waals surface area contributed by atoms with Crippen LogP contribution in [-0.4, -0.2) is 36.1 Å². The van der Waals surface area contributed by atoms with Gasteiger partial charge in [-0.2, -0.15) is 0 Å². The van der Waals surface area contributed by atoms with Crippen molar-refractivity contribution in [3.05, 3.63) is 41.7 Å². The van der Waals surface area contributed by atoms with Gasteiger partial charge in [0.15, 0.2) is 5.76 Å². The Bertz CT molecular complexity index is 713. The molecule has 0 radical (unpaired) electrons. The molecule has 2 atom stereocenters. The smallest absolute Gasteiger partial charge is 0.289 e. The topological polar surface area (TPSA) is 68.7 Å². The molecule has 122 valence electrons. The molecule has 0 unspecified atom stereocenters. The number of carbonyl (C=O) groups excluding carboxylic acids is 1. The Hall–Kier alpha value is -2.27. The molecular weight excluding hydrogens is 292 g/mol. The highest BCUT2D eigenvalue weighted by Crippen LogP contribution is 2.29. The molecule has 2 N–H and O–H groups in total. The second-order valence-corrected chi connectivity index (χ2v) is 6.15. The van der Waals surface area contributed by atoms with Gasteiger partial charge in [0.25, 0.3) is 5.91 Å². The van der Waals surface area contributed by atoms with Crippen LogP contribution < -0.4 is 5.73 Å². The third-order valence-corrected chi connectivity index (χ3v) is 4.16. The Labute approximate surface area is 136 Å². The maximum absolute atomic E-state index is 12.6. The van der Waals surface area contributed by atoms with E-state index < -0.39 is 0 Å². The van der Waals surface area contributed by atoms with Crippen molar-refractivity contribution in [3.63, 3.8) is 0 Å². The lowest BCUT2D eigenvalue weighted by atomic mass is 10.1. The van der Waals surface area contributed by atoms with Crippen molar-refractivity contribution in [1.29, 1.82) is 0 Å². The molecule has 3 rings (SSSR count). The van der Waals surface area contributed by atoms with E-state index in [2.05, 4.69) is 0 Å². The molecule has 0 aliphatic carbocycles. The third-order valence-electron chi connectivity index (χ3n) is 4.16. The van der Waals surface area contributed by atoms with Crippen molar-refractivity contribution in [2.24, 2.45) is 0 Å². The Morgan fingerprint density at radius 2 is 1.87 bits per heavy atom. The van der Waals surface area contributed by atoms with Gasteiger partial charge in [0.2, 0.25) is 0 Å². The SMILES string of the molecule is Cc1c(N)cccc1-c1ccc(C(=O)N2C[C@H](C)O[C@@H](C)C2)o1. The highest BCUT2D eigenvalue weighted by molar-refractivity contribution is 5.92. The first-order chi connectivity index (χ1) is 11.0. The number of furan rings is 1. The van der Waals surface area contributed by atoms with E-state index in [1.165, 1.54) is 0 Å². The van der Waals surface area contributed by atoms with Crippen molar-refractivity contribution in [2.75, 3.05) is 18.8 Å². The number of morpholine rings is 1. The van der Waals surface area contributed by atoms with Gasteiger partial charge >= 0.3 is 0 Å². The third kappa shape index (κ3) is 3.10. The van der Waals surface area contributed by atoms with Crippen LogP contribution in [0.5, 0.6) is 0 Å². The molecular formula is C18H22N2O3. The zero-order valence-corrected chi connectivity index (χ0v) is 13.7. The quantitative estimate of drug-likeness (QED) is 0.865. The summed E-state index contributed by atoms with van der Waals surface area (Å²) in [5.41, 5.74) is 8.52. The second kappa shape index (κ2) is 6.08. The van der Waals surface area contributed by atoms with Crippen molar-refractivity contribution in [2.45, 2.75) is 33.0 Å². The maximum atomic E-state index is 12.6. The lowest BCUT2D eigenvalue weighted by Gasteiger charge is -2.34. The van der Waals surface area contributed by atoms with Gasteiger partial charge in [-0.25, -0.2) is 0 Å². The van der Waals surface area contributed by atoms with Crippen LogP contribution in [0.25, 0.3) is 11.3 Å². The van der Waals surface area contributed by atoms with Crippen LogP contribution in [0.15, 0.2) is 34.7 Å². The molecule has 5 nitrogen and oxygen atoms in total. The molecule has 0 spiro atoms. The van der Waals surface area contributed by atoms with E-state index in [0.717, 1.165) is 11.1 Å². The minimum atomic E-state index is -0.0974. The molecule has 1 amide bonds. The van der Waals surface area contributed by atoms with Gasteiger partial charge in [-0.15, -0.1) is 0 Å². The summed E-state index contributed by atoms with van der Waals surface area (Å²) in [7, 11) is 0. The van der Waals surface area contributed by atoms with Gasteiger partial charge < -0.3 is 19.8 Å². The number of nitrogen functional groups attached to an aromatic ring is 1. The fraction of sp³-hybridized carbons (Fsp3) is 0.389. The second-order valence-electron chi connectivity index (χ2n) is 6.15. The van der Waals surface area contributed by atoms with E-state index in [4.69, 9.17) is 14.9 Å². The molecule has 5 heteroatoms. The largest absolute Gasteiger partial charge is 0.451 e. The number of amides is 1. The standard InChI is InChI=1S/C18H22N2O3/c1-11-9-20(10-12(2)22-11)18(21)17-8-7-16(23-17)14-5-4-6-15(19)13(14)3/h4-8,11-12H,9-10,19H2,1-3H3/t11-,12-/m0/s1. The van der Waals surface area contributed by atoms with Crippen LogP contribution >= 0.6 is 0 Å². The highest BCUT2D eigenvalue weighted by atomic mass is 16.5. The monoisotopic (exact) mass is 314 g/mol. The van der Waals surface area contributed by atoms with E-state index in [-0.39, 0.29) is 18.1 Å². The number of nitrogens with two attached hydrogens (primary N) is 1. The first-order valence-electron chi connectivity index (χ1n) is 7.85. The summed E-state index contributed by atoms with van der Waals surface area (Å²) >= 11 is 0. The van der Waals surface area contributed by atoms with Crippen LogP contribution in [0, 0.1) is 6.92 Å². The number of ether oxygens (including phenoxy) is 1. The molecule has 1 saturated heterocycles. The number of hydrogen-bond acceptors (Lipinski definition) is 4. The average molecular weight is 314 g/mol. The first kappa shape index (κ1) is 15.6. The van der Waals surface area contributed by atoms with E-state index >= 15 is 0 Å². The molecule has 1 aliphatic heterocycles. The van der Waals surface area contributed by atoms with E-state index in [1.54, 1.807) is 11.0 Å². The number of carbonyl (C=O) groups is 1. The molecule has 2 aromatic rings. The molecule has 23 heavy (non-hydrogen) atoms. The van der Waals surface area contributed by atoms with Crippen LogP contribution in [0.3, 0.4) is 0 Å². The van der Waals surface area contributed by atoms with Crippen molar-refractivity contribution in [3.8, 4) is 11.3 Å². The average Bonchev–Trinajstić information content (AvgIpc) is 2.98. The molecule has 1 fully saturated rings. The molecule has 2 heterocycles. The summed E-state index contributed by atoms with van der Waals surface area (Å²) in [6.07, 6.45) is 0.0709. The van der Waals surface area contributed by atoms with E-state index in [1.807, 2.05) is 45.0 Å². The van der Waals surface area contributed by atoms with E-state index in [9.17, 15) is 4.79 Å². The number of hydrogen-bond donors (Lipinski definition) is 1. The number of nitrogens with zero attached hydrogens (tertiary/aromatic N) is 1. The van der Waals surface area contributed by atoms with Gasteiger partial charge in [0.05, 0.1) is 12.2 Å². The van der Waals surface area contributed by atoms with Gasteiger partial charge in [0, 0.05) is 24.3 Å². The fourth-order valence-corrected chi connectivity index (χ4v) is 3.02. The molecule has 1 aromatic carbocycles. The van der Waals surface area contributed by atoms with Gasteiger partial charge in [-0.1, -0.05) is 12.1 Å². The Balaban J connectivity index is 1.84. The summed E-state index contributed by atoms with van der Waals surface area (Å²) in [5, 5.41) is 0. The van der Waals surface area contributed by atoms with Gasteiger partial charge in [0.1, 0.15) is 5.76 Å².